The van der Waals surface area contributed by atoms with Gasteiger partial charge in [-0.05, 0) is 42.9 Å². The van der Waals surface area contributed by atoms with Crippen molar-refractivity contribution in [1.29, 1.82) is 0 Å². The number of amides is 1. The van der Waals surface area contributed by atoms with Gasteiger partial charge in [0, 0.05) is 13.0 Å². The lowest BCUT2D eigenvalue weighted by molar-refractivity contribution is -0.277. The number of methoxy groups -OCH3 is 1. The van der Waals surface area contributed by atoms with Gasteiger partial charge in [0.05, 0.1) is 13.7 Å². The Labute approximate surface area is 195 Å². The standard InChI is InChI=1S/C24H37NO8/c1-15(2)8-6-4-5-7-9-20(27)25-13-16-10-11-17(18(12-16)31-3)32-24-23(30)22(29)21(28)19(14-26)33-24/h6,8,10-12,15,19,21-24,26,28-30H,4-5,7,9,13-14H2,1-3H3,(H,25,27)/b8-6+/t19-,21-,22+,23-,24-/m1/s1. The molecule has 9 nitrogen and oxygen atoms in total. The van der Waals surface area contributed by atoms with Crippen LogP contribution in [0.3, 0.4) is 0 Å². The van der Waals surface area contributed by atoms with Crippen molar-refractivity contribution in [2.45, 2.75) is 76.8 Å². The molecule has 1 aliphatic rings. The molecule has 1 aromatic rings. The molecule has 9 heteroatoms. The van der Waals surface area contributed by atoms with Crippen LogP contribution in [-0.2, 0) is 16.1 Å². The van der Waals surface area contributed by atoms with E-state index >= 15 is 0 Å². The number of rotatable bonds is 12. The molecular formula is C24H37NO8. The minimum absolute atomic E-state index is 0.0246. The average Bonchev–Trinajstić information content (AvgIpc) is 2.80. The van der Waals surface area contributed by atoms with Crippen molar-refractivity contribution in [3.63, 3.8) is 0 Å². The van der Waals surface area contributed by atoms with Crippen LogP contribution in [0.25, 0.3) is 0 Å². The summed E-state index contributed by atoms with van der Waals surface area (Å²) in [6.45, 7) is 4.04. The quantitative estimate of drug-likeness (QED) is 0.229. The summed E-state index contributed by atoms with van der Waals surface area (Å²) in [5.74, 6) is 1.10. The molecule has 5 N–H and O–H groups in total. The number of allylic oxidation sites excluding steroid dienone is 2. The molecule has 1 saturated heterocycles. The molecule has 0 saturated carbocycles. The first-order valence-electron chi connectivity index (χ1n) is 11.3. The van der Waals surface area contributed by atoms with Crippen LogP contribution >= 0.6 is 0 Å². The SMILES string of the molecule is COc1cc(CNC(=O)CCCC/C=C/C(C)C)ccc1O[C@@H]1O[C@H](CO)[C@@H](O)[C@H](O)[C@H]1O. The molecule has 2 rings (SSSR count). The number of aliphatic hydroxyl groups excluding tert-OH is 4. The zero-order chi connectivity index (χ0) is 24.4. The number of hydrogen-bond donors (Lipinski definition) is 5. The van der Waals surface area contributed by atoms with Crippen LogP contribution in [0.5, 0.6) is 11.5 Å². The fraction of sp³-hybridized carbons (Fsp3) is 0.625. The summed E-state index contributed by atoms with van der Waals surface area (Å²) in [5, 5.41) is 42.1. The van der Waals surface area contributed by atoms with Crippen molar-refractivity contribution in [3.8, 4) is 11.5 Å². The van der Waals surface area contributed by atoms with E-state index in [2.05, 4.69) is 31.3 Å². The minimum atomic E-state index is -1.53. The van der Waals surface area contributed by atoms with E-state index < -0.39 is 37.3 Å². The molecule has 0 unspecified atom stereocenters. The predicted octanol–water partition coefficient (Wildman–Crippen LogP) is 1.26. The Bertz CT molecular complexity index is 767. The topological polar surface area (TPSA) is 138 Å². The molecule has 1 aromatic carbocycles. The molecule has 1 heterocycles. The average molecular weight is 468 g/mol. The van der Waals surface area contributed by atoms with E-state index in [9.17, 15) is 25.2 Å². The summed E-state index contributed by atoms with van der Waals surface area (Å²) in [7, 11) is 1.45. The van der Waals surface area contributed by atoms with Gasteiger partial charge in [-0.1, -0.05) is 32.1 Å². The second kappa shape index (κ2) is 13.5. The van der Waals surface area contributed by atoms with E-state index in [-0.39, 0.29) is 11.7 Å². The maximum Gasteiger partial charge on any atom is 0.229 e. The maximum absolute atomic E-state index is 12.1. The molecule has 0 bridgehead atoms. The van der Waals surface area contributed by atoms with Gasteiger partial charge in [-0.3, -0.25) is 4.79 Å². The molecule has 0 radical (unpaired) electrons. The van der Waals surface area contributed by atoms with Gasteiger partial charge in [-0.15, -0.1) is 0 Å². The molecular weight excluding hydrogens is 430 g/mol. The molecule has 0 aliphatic carbocycles. The van der Waals surface area contributed by atoms with Gasteiger partial charge >= 0.3 is 0 Å². The van der Waals surface area contributed by atoms with E-state index in [1.807, 2.05) is 0 Å². The number of ether oxygens (including phenoxy) is 3. The molecule has 186 valence electrons. The molecule has 5 atom stereocenters. The molecule has 1 aliphatic heterocycles. The lowest BCUT2D eigenvalue weighted by Crippen LogP contribution is -2.60. The Kier molecular flexibility index (Phi) is 11.1. The second-order valence-electron chi connectivity index (χ2n) is 8.50. The highest BCUT2D eigenvalue weighted by Crippen LogP contribution is 2.32. The smallest absolute Gasteiger partial charge is 0.229 e. The van der Waals surface area contributed by atoms with Crippen LogP contribution in [0, 0.1) is 5.92 Å². The Morgan fingerprint density at radius 1 is 1.15 bits per heavy atom. The van der Waals surface area contributed by atoms with Gasteiger partial charge in [0.2, 0.25) is 12.2 Å². The minimum Gasteiger partial charge on any atom is -0.493 e. The summed E-state index contributed by atoms with van der Waals surface area (Å²) in [6.07, 6.45) is 0.646. The number of carbonyl (C=O) groups excluding carboxylic acids is 1. The predicted molar refractivity (Wildman–Crippen MR) is 122 cm³/mol. The van der Waals surface area contributed by atoms with Crippen LogP contribution < -0.4 is 14.8 Å². The zero-order valence-corrected chi connectivity index (χ0v) is 19.5. The summed E-state index contributed by atoms with van der Waals surface area (Å²) >= 11 is 0. The van der Waals surface area contributed by atoms with E-state index in [0.717, 1.165) is 24.8 Å². The third kappa shape index (κ3) is 8.28. The van der Waals surface area contributed by atoms with Crippen molar-refractivity contribution in [2.75, 3.05) is 13.7 Å². The van der Waals surface area contributed by atoms with E-state index in [0.29, 0.717) is 24.6 Å². The Morgan fingerprint density at radius 2 is 1.91 bits per heavy atom. The second-order valence-corrected chi connectivity index (χ2v) is 8.50. The largest absolute Gasteiger partial charge is 0.493 e. The van der Waals surface area contributed by atoms with Crippen LogP contribution in [-0.4, -0.2) is 70.8 Å². The van der Waals surface area contributed by atoms with Gasteiger partial charge in [-0.25, -0.2) is 0 Å². The molecule has 0 aromatic heterocycles. The zero-order valence-electron chi connectivity index (χ0n) is 19.5. The first-order valence-corrected chi connectivity index (χ1v) is 11.3. The van der Waals surface area contributed by atoms with Gasteiger partial charge in [0.15, 0.2) is 11.5 Å². The summed E-state index contributed by atoms with van der Waals surface area (Å²) in [5.41, 5.74) is 0.793. The first kappa shape index (κ1) is 27.1. The Balaban J connectivity index is 1.87. The first-order chi connectivity index (χ1) is 15.8. The van der Waals surface area contributed by atoms with Crippen molar-refractivity contribution >= 4 is 5.91 Å². The van der Waals surface area contributed by atoms with Crippen LogP contribution in [0.15, 0.2) is 30.4 Å². The van der Waals surface area contributed by atoms with Crippen molar-refractivity contribution < 1.29 is 39.4 Å². The highest BCUT2D eigenvalue weighted by atomic mass is 16.7. The number of aliphatic hydroxyl groups is 4. The lowest BCUT2D eigenvalue weighted by atomic mass is 9.99. The van der Waals surface area contributed by atoms with Crippen molar-refractivity contribution in [3.05, 3.63) is 35.9 Å². The fourth-order valence-electron chi connectivity index (χ4n) is 3.41. The molecule has 33 heavy (non-hydrogen) atoms. The van der Waals surface area contributed by atoms with Crippen LogP contribution in [0.2, 0.25) is 0 Å². The number of carbonyl (C=O) groups is 1. The lowest BCUT2D eigenvalue weighted by Gasteiger charge is -2.39. The van der Waals surface area contributed by atoms with Crippen molar-refractivity contribution in [1.82, 2.24) is 5.32 Å². The van der Waals surface area contributed by atoms with Gasteiger partial charge in [0.25, 0.3) is 0 Å². The third-order valence-corrected chi connectivity index (χ3v) is 5.35. The van der Waals surface area contributed by atoms with Crippen molar-refractivity contribution in [2.24, 2.45) is 5.92 Å². The van der Waals surface area contributed by atoms with Gasteiger partial charge < -0.3 is 40.0 Å². The third-order valence-electron chi connectivity index (χ3n) is 5.35. The maximum atomic E-state index is 12.1. The monoisotopic (exact) mass is 467 g/mol. The van der Waals surface area contributed by atoms with E-state index in [1.54, 1.807) is 18.2 Å². The highest BCUT2D eigenvalue weighted by molar-refractivity contribution is 5.75. The highest BCUT2D eigenvalue weighted by Gasteiger charge is 2.44. The Morgan fingerprint density at radius 3 is 2.58 bits per heavy atom. The number of unbranched alkanes of at least 4 members (excludes halogenated alkanes) is 2. The number of nitrogens with one attached hydrogen (secondary N) is 1. The van der Waals surface area contributed by atoms with Gasteiger partial charge in [-0.2, -0.15) is 0 Å². The van der Waals surface area contributed by atoms with E-state index in [4.69, 9.17) is 14.2 Å². The molecule has 0 spiro atoms. The van der Waals surface area contributed by atoms with E-state index in [1.165, 1.54) is 7.11 Å². The molecule has 1 amide bonds. The summed E-state index contributed by atoms with van der Waals surface area (Å²) in [4.78, 5) is 12.1. The molecule has 1 fully saturated rings. The van der Waals surface area contributed by atoms with Gasteiger partial charge in [0.1, 0.15) is 24.4 Å². The number of hydrogen-bond acceptors (Lipinski definition) is 8. The normalized spacial score (nSPS) is 25.4. The summed E-state index contributed by atoms with van der Waals surface area (Å²) in [6, 6.07) is 5.03. The fourth-order valence-corrected chi connectivity index (χ4v) is 3.41. The Hall–Kier alpha value is -2.17. The summed E-state index contributed by atoms with van der Waals surface area (Å²) < 4.78 is 16.4. The number of benzene rings is 1. The van der Waals surface area contributed by atoms with Crippen LogP contribution in [0.1, 0.15) is 45.1 Å². The van der Waals surface area contributed by atoms with Crippen LogP contribution in [0.4, 0.5) is 0 Å².